The first-order valence-electron chi connectivity index (χ1n) is 6.43. The molecule has 17 heavy (non-hydrogen) atoms. The predicted molar refractivity (Wildman–Crippen MR) is 61.2 cm³/mol. The van der Waals surface area contributed by atoms with Gasteiger partial charge in [0.25, 0.3) is 0 Å². The maximum absolute atomic E-state index is 11.6. The Bertz CT molecular complexity index is 256. The first kappa shape index (κ1) is 12.6. The van der Waals surface area contributed by atoms with Crippen LogP contribution in [0.25, 0.3) is 0 Å². The van der Waals surface area contributed by atoms with Crippen LogP contribution in [-0.4, -0.2) is 47.2 Å². The minimum absolute atomic E-state index is 0.460. The van der Waals surface area contributed by atoms with E-state index in [1.54, 1.807) is 0 Å². The molecule has 2 aliphatic heterocycles. The number of carbonyl (C=O) groups is 1. The summed E-state index contributed by atoms with van der Waals surface area (Å²) in [5.41, 5.74) is 2.72. The molecule has 6 nitrogen and oxygen atoms in total. The lowest BCUT2D eigenvalue weighted by atomic mass is 10.1. The fourth-order valence-electron chi connectivity index (χ4n) is 2.29. The van der Waals surface area contributed by atoms with Gasteiger partial charge in [-0.25, -0.2) is 9.80 Å². The van der Waals surface area contributed by atoms with Gasteiger partial charge in [0.1, 0.15) is 0 Å². The molecule has 1 unspecified atom stereocenters. The second-order valence-corrected chi connectivity index (χ2v) is 4.68. The van der Waals surface area contributed by atoms with Crippen LogP contribution in [0.5, 0.6) is 0 Å². The van der Waals surface area contributed by atoms with Crippen LogP contribution in [-0.2, 0) is 4.74 Å². The third kappa shape index (κ3) is 3.83. The van der Waals surface area contributed by atoms with Crippen molar-refractivity contribution < 1.29 is 14.7 Å². The second-order valence-electron chi connectivity index (χ2n) is 4.68. The largest absolute Gasteiger partial charge is 0.427 e. The van der Waals surface area contributed by atoms with Gasteiger partial charge < -0.3 is 9.94 Å². The molecule has 2 aliphatic rings. The van der Waals surface area contributed by atoms with E-state index in [-0.39, 0.29) is 0 Å². The van der Waals surface area contributed by atoms with Gasteiger partial charge in [-0.1, -0.05) is 6.42 Å². The Kier molecular flexibility index (Phi) is 4.58. The Morgan fingerprint density at radius 1 is 1.12 bits per heavy atom. The van der Waals surface area contributed by atoms with Crippen LogP contribution in [0.1, 0.15) is 38.5 Å². The van der Waals surface area contributed by atoms with Crippen molar-refractivity contribution in [1.82, 2.24) is 15.5 Å². The summed E-state index contributed by atoms with van der Waals surface area (Å²) in [7, 11) is 0. The molecule has 0 aromatic heterocycles. The number of piperidine rings is 2. The molecule has 0 aromatic rings. The first-order chi connectivity index (χ1) is 8.25. The number of hydrogen-bond acceptors (Lipinski definition) is 5. The standard InChI is InChI=1S/C11H21N3O3/c15-11(12-13-7-3-1-4-8-13)17-10-6-2-5-9-14(10)16/h10,16H,1-9H2,(H,12,15). The van der Waals surface area contributed by atoms with Gasteiger partial charge in [-0.05, 0) is 25.7 Å². The van der Waals surface area contributed by atoms with Crippen molar-refractivity contribution in [2.75, 3.05) is 19.6 Å². The third-order valence-corrected chi connectivity index (χ3v) is 3.27. The molecule has 2 heterocycles. The molecule has 0 aliphatic carbocycles. The van der Waals surface area contributed by atoms with Gasteiger partial charge >= 0.3 is 6.09 Å². The van der Waals surface area contributed by atoms with Gasteiger partial charge in [0.05, 0.1) is 0 Å². The quantitative estimate of drug-likeness (QED) is 0.765. The van der Waals surface area contributed by atoms with Gasteiger partial charge in [-0.2, -0.15) is 5.06 Å². The van der Waals surface area contributed by atoms with E-state index in [0.29, 0.717) is 13.0 Å². The molecule has 98 valence electrons. The Hall–Kier alpha value is -0.850. The van der Waals surface area contributed by atoms with E-state index in [0.717, 1.165) is 43.8 Å². The molecule has 1 amide bonds. The van der Waals surface area contributed by atoms with Gasteiger partial charge in [0.2, 0.25) is 0 Å². The summed E-state index contributed by atoms with van der Waals surface area (Å²) in [6, 6.07) is 0. The highest BCUT2D eigenvalue weighted by molar-refractivity contribution is 5.66. The van der Waals surface area contributed by atoms with Crippen molar-refractivity contribution in [3.63, 3.8) is 0 Å². The summed E-state index contributed by atoms with van der Waals surface area (Å²) in [6.45, 7) is 2.33. The van der Waals surface area contributed by atoms with Gasteiger partial charge in [0.15, 0.2) is 6.23 Å². The van der Waals surface area contributed by atoms with Crippen molar-refractivity contribution >= 4 is 6.09 Å². The van der Waals surface area contributed by atoms with Gasteiger partial charge in [-0.3, -0.25) is 5.43 Å². The molecular formula is C11H21N3O3. The van der Waals surface area contributed by atoms with Crippen LogP contribution in [0.2, 0.25) is 0 Å². The lowest BCUT2D eigenvalue weighted by Crippen LogP contribution is -2.48. The maximum Gasteiger partial charge on any atom is 0.423 e. The lowest BCUT2D eigenvalue weighted by molar-refractivity contribution is -0.210. The molecule has 2 saturated heterocycles. The average molecular weight is 243 g/mol. The number of rotatable bonds is 2. The predicted octanol–water partition coefficient (Wildman–Crippen LogP) is 1.31. The van der Waals surface area contributed by atoms with Crippen LogP contribution in [0.15, 0.2) is 0 Å². The second kappa shape index (κ2) is 6.18. The fraction of sp³-hybridized carbons (Fsp3) is 0.909. The molecule has 0 saturated carbocycles. The van der Waals surface area contributed by atoms with E-state index >= 15 is 0 Å². The van der Waals surface area contributed by atoms with Crippen molar-refractivity contribution in [3.8, 4) is 0 Å². The number of amides is 1. The van der Waals surface area contributed by atoms with E-state index in [2.05, 4.69) is 5.43 Å². The van der Waals surface area contributed by atoms with Crippen LogP contribution in [0.3, 0.4) is 0 Å². The molecule has 0 radical (unpaired) electrons. The first-order valence-corrected chi connectivity index (χ1v) is 6.43. The summed E-state index contributed by atoms with van der Waals surface area (Å²) >= 11 is 0. The molecule has 0 aromatic carbocycles. The number of carbonyl (C=O) groups excluding carboxylic acids is 1. The van der Waals surface area contributed by atoms with Crippen LogP contribution < -0.4 is 5.43 Å². The summed E-state index contributed by atoms with van der Waals surface area (Å²) in [5.74, 6) is 0. The molecule has 1 atom stereocenters. The SMILES string of the molecule is O=C(NN1CCCCC1)OC1CCCCN1O. The zero-order chi connectivity index (χ0) is 12.1. The van der Waals surface area contributed by atoms with E-state index in [1.165, 1.54) is 6.42 Å². The Morgan fingerprint density at radius 2 is 1.82 bits per heavy atom. The van der Waals surface area contributed by atoms with Crippen LogP contribution >= 0.6 is 0 Å². The normalized spacial score (nSPS) is 27.7. The van der Waals surface area contributed by atoms with Gasteiger partial charge in [-0.15, -0.1) is 0 Å². The topological polar surface area (TPSA) is 65.0 Å². The number of ether oxygens (including phenoxy) is 1. The Balaban J connectivity index is 1.72. The summed E-state index contributed by atoms with van der Waals surface area (Å²) < 4.78 is 5.19. The Labute approximate surface area is 101 Å². The fourth-order valence-corrected chi connectivity index (χ4v) is 2.29. The van der Waals surface area contributed by atoms with Crippen LogP contribution in [0, 0.1) is 0 Å². The smallest absolute Gasteiger partial charge is 0.423 e. The average Bonchev–Trinajstić information content (AvgIpc) is 2.33. The van der Waals surface area contributed by atoms with Gasteiger partial charge in [0, 0.05) is 26.1 Å². The zero-order valence-electron chi connectivity index (χ0n) is 10.1. The minimum Gasteiger partial charge on any atom is -0.427 e. The van der Waals surface area contributed by atoms with E-state index in [1.807, 2.05) is 5.01 Å². The molecule has 0 spiro atoms. The highest BCUT2D eigenvalue weighted by Crippen LogP contribution is 2.16. The van der Waals surface area contributed by atoms with Crippen molar-refractivity contribution in [1.29, 1.82) is 0 Å². The number of hydrazine groups is 1. The molecule has 2 fully saturated rings. The monoisotopic (exact) mass is 243 g/mol. The highest BCUT2D eigenvalue weighted by atomic mass is 16.6. The summed E-state index contributed by atoms with van der Waals surface area (Å²) in [6.07, 6.45) is 5.12. The van der Waals surface area contributed by atoms with E-state index < -0.39 is 12.3 Å². The molecule has 6 heteroatoms. The summed E-state index contributed by atoms with van der Waals surface area (Å²) in [4.78, 5) is 11.6. The summed E-state index contributed by atoms with van der Waals surface area (Å²) in [5, 5.41) is 12.5. The minimum atomic E-state index is -0.492. The maximum atomic E-state index is 11.6. The molecule has 0 bridgehead atoms. The molecule has 2 rings (SSSR count). The zero-order valence-corrected chi connectivity index (χ0v) is 10.1. The van der Waals surface area contributed by atoms with Crippen molar-refractivity contribution in [3.05, 3.63) is 0 Å². The number of nitrogens with zero attached hydrogens (tertiary/aromatic N) is 2. The van der Waals surface area contributed by atoms with Crippen molar-refractivity contribution in [2.45, 2.75) is 44.8 Å². The number of hydroxylamine groups is 2. The van der Waals surface area contributed by atoms with Crippen LogP contribution in [0.4, 0.5) is 4.79 Å². The number of hydrogen-bond donors (Lipinski definition) is 2. The van der Waals surface area contributed by atoms with Crippen molar-refractivity contribution in [2.24, 2.45) is 0 Å². The third-order valence-electron chi connectivity index (χ3n) is 3.27. The molecular weight excluding hydrogens is 222 g/mol. The number of nitrogens with one attached hydrogen (secondary N) is 1. The van der Waals surface area contributed by atoms with E-state index in [4.69, 9.17) is 4.74 Å². The Morgan fingerprint density at radius 3 is 2.53 bits per heavy atom. The highest BCUT2D eigenvalue weighted by Gasteiger charge is 2.25. The van der Waals surface area contributed by atoms with E-state index in [9.17, 15) is 10.0 Å². The lowest BCUT2D eigenvalue weighted by Gasteiger charge is -2.31. The molecule has 2 N–H and O–H groups in total.